The Bertz CT molecular complexity index is 568. The van der Waals surface area contributed by atoms with E-state index < -0.39 is 10.0 Å². The summed E-state index contributed by atoms with van der Waals surface area (Å²) in [5.74, 6) is -0.303. The van der Waals surface area contributed by atoms with Gasteiger partial charge in [0.1, 0.15) is 0 Å². The first-order valence-corrected chi connectivity index (χ1v) is 8.23. The summed E-state index contributed by atoms with van der Waals surface area (Å²) in [5, 5.41) is 3.27. The number of primary amides is 1. The van der Waals surface area contributed by atoms with Crippen LogP contribution in [0.4, 0.5) is 0 Å². The molecule has 0 heterocycles. The average molecular weight is 313 g/mol. The zero-order chi connectivity index (χ0) is 16.0. The van der Waals surface area contributed by atoms with E-state index in [2.05, 4.69) is 5.32 Å². The molecule has 1 amide bonds. The van der Waals surface area contributed by atoms with Gasteiger partial charge in [-0.15, -0.1) is 0 Å². The Hall–Kier alpha value is -1.44. The molecule has 0 saturated carbocycles. The first-order valence-electron chi connectivity index (χ1n) is 6.79. The van der Waals surface area contributed by atoms with Gasteiger partial charge in [-0.1, -0.05) is 12.1 Å². The number of hydrogen-bond acceptors (Lipinski definition) is 4. The van der Waals surface area contributed by atoms with Crippen molar-refractivity contribution >= 4 is 15.9 Å². The Labute approximate surface area is 126 Å². The molecule has 21 heavy (non-hydrogen) atoms. The lowest BCUT2D eigenvalue weighted by Crippen LogP contribution is -2.23. The highest BCUT2D eigenvalue weighted by molar-refractivity contribution is 7.89. The van der Waals surface area contributed by atoms with Crippen LogP contribution >= 0.6 is 0 Å². The predicted octanol–water partition coefficient (Wildman–Crippen LogP) is 0.853. The Balaban J connectivity index is 2.63. The van der Waals surface area contributed by atoms with E-state index in [4.69, 9.17) is 5.73 Å². The van der Waals surface area contributed by atoms with E-state index in [1.165, 1.54) is 18.4 Å². The zero-order valence-corrected chi connectivity index (χ0v) is 13.5. The van der Waals surface area contributed by atoms with E-state index in [0.29, 0.717) is 19.4 Å². The highest BCUT2D eigenvalue weighted by atomic mass is 32.2. The van der Waals surface area contributed by atoms with Gasteiger partial charge in [0.15, 0.2) is 0 Å². The van der Waals surface area contributed by atoms with Crippen molar-refractivity contribution in [3.8, 4) is 0 Å². The molecule has 0 fully saturated rings. The fourth-order valence-corrected chi connectivity index (χ4v) is 2.74. The van der Waals surface area contributed by atoms with E-state index in [-0.39, 0.29) is 16.8 Å². The molecule has 1 aromatic carbocycles. The summed E-state index contributed by atoms with van der Waals surface area (Å²) >= 11 is 0. The van der Waals surface area contributed by atoms with E-state index in [0.717, 1.165) is 5.56 Å². The van der Waals surface area contributed by atoms with Crippen LogP contribution in [-0.2, 0) is 14.8 Å². The van der Waals surface area contributed by atoms with Crippen molar-refractivity contribution in [2.24, 2.45) is 5.73 Å². The molecular formula is C14H23N3O3S. The molecule has 0 aromatic heterocycles. The Morgan fingerprint density at radius 2 is 1.86 bits per heavy atom. The third-order valence-electron chi connectivity index (χ3n) is 3.21. The van der Waals surface area contributed by atoms with Crippen LogP contribution in [0, 0.1) is 0 Å². The minimum Gasteiger partial charge on any atom is -0.370 e. The molecule has 6 nitrogen and oxygen atoms in total. The van der Waals surface area contributed by atoms with Crippen molar-refractivity contribution in [3.63, 3.8) is 0 Å². The Kier molecular flexibility index (Phi) is 6.32. The van der Waals surface area contributed by atoms with E-state index >= 15 is 0 Å². The molecule has 0 aliphatic heterocycles. The number of hydrogen-bond donors (Lipinski definition) is 2. The second kappa shape index (κ2) is 7.53. The minimum absolute atomic E-state index is 0.0778. The lowest BCUT2D eigenvalue weighted by Gasteiger charge is -2.16. The second-order valence-electron chi connectivity index (χ2n) is 5.10. The van der Waals surface area contributed by atoms with Crippen LogP contribution in [-0.4, -0.2) is 39.3 Å². The predicted molar refractivity (Wildman–Crippen MR) is 82.2 cm³/mol. The molecule has 118 valence electrons. The molecule has 1 atom stereocenters. The minimum atomic E-state index is -3.39. The SMILES string of the molecule is CC(NCCCC(N)=O)c1ccc(S(=O)(=O)N(C)C)cc1. The van der Waals surface area contributed by atoms with Crippen LogP contribution in [0.25, 0.3) is 0 Å². The van der Waals surface area contributed by atoms with Crippen LogP contribution in [0.2, 0.25) is 0 Å². The summed E-state index contributed by atoms with van der Waals surface area (Å²) in [6.07, 6.45) is 1.05. The molecule has 7 heteroatoms. The molecule has 0 saturated heterocycles. The summed E-state index contributed by atoms with van der Waals surface area (Å²) in [7, 11) is -0.376. The fourth-order valence-electron chi connectivity index (χ4n) is 1.84. The molecule has 0 aliphatic carbocycles. The molecular weight excluding hydrogens is 290 g/mol. The summed E-state index contributed by atoms with van der Waals surface area (Å²) < 4.78 is 25.1. The fraction of sp³-hybridized carbons (Fsp3) is 0.500. The van der Waals surface area contributed by atoms with Gasteiger partial charge < -0.3 is 11.1 Å². The molecule has 0 spiro atoms. The van der Waals surface area contributed by atoms with Gasteiger partial charge >= 0.3 is 0 Å². The van der Waals surface area contributed by atoms with Crippen molar-refractivity contribution in [2.75, 3.05) is 20.6 Å². The van der Waals surface area contributed by atoms with Gasteiger partial charge in [-0.3, -0.25) is 4.79 Å². The zero-order valence-electron chi connectivity index (χ0n) is 12.7. The molecule has 3 N–H and O–H groups in total. The van der Waals surface area contributed by atoms with Gasteiger partial charge in [0, 0.05) is 26.6 Å². The van der Waals surface area contributed by atoms with Crippen molar-refractivity contribution in [3.05, 3.63) is 29.8 Å². The van der Waals surface area contributed by atoms with Gasteiger partial charge in [0.2, 0.25) is 15.9 Å². The maximum Gasteiger partial charge on any atom is 0.242 e. The third kappa shape index (κ3) is 5.11. The first kappa shape index (κ1) is 17.6. The van der Waals surface area contributed by atoms with Crippen LogP contribution in [0.3, 0.4) is 0 Å². The number of benzene rings is 1. The molecule has 1 rings (SSSR count). The van der Waals surface area contributed by atoms with E-state index in [9.17, 15) is 13.2 Å². The topological polar surface area (TPSA) is 92.5 Å². The molecule has 0 aliphatic rings. The van der Waals surface area contributed by atoms with Gasteiger partial charge in [0.25, 0.3) is 0 Å². The van der Waals surface area contributed by atoms with Crippen LogP contribution < -0.4 is 11.1 Å². The number of nitrogens with zero attached hydrogens (tertiary/aromatic N) is 1. The maximum atomic E-state index is 12.0. The number of nitrogens with one attached hydrogen (secondary N) is 1. The smallest absolute Gasteiger partial charge is 0.242 e. The maximum absolute atomic E-state index is 12.0. The summed E-state index contributed by atoms with van der Waals surface area (Å²) in [6, 6.07) is 6.87. The third-order valence-corrected chi connectivity index (χ3v) is 5.04. The monoisotopic (exact) mass is 313 g/mol. The summed E-state index contributed by atoms with van der Waals surface area (Å²) in [4.78, 5) is 10.9. The van der Waals surface area contributed by atoms with Gasteiger partial charge in [0.05, 0.1) is 4.90 Å². The first-order chi connectivity index (χ1) is 9.75. The van der Waals surface area contributed by atoms with Crippen molar-refractivity contribution in [1.82, 2.24) is 9.62 Å². The second-order valence-corrected chi connectivity index (χ2v) is 7.25. The standard InChI is InChI=1S/C14H23N3O3S/c1-11(16-10-4-5-14(15)18)12-6-8-13(9-7-12)21(19,20)17(2)3/h6-9,11,16H,4-5,10H2,1-3H3,(H2,15,18). The van der Waals surface area contributed by atoms with Crippen LogP contribution in [0.1, 0.15) is 31.4 Å². The summed E-state index contributed by atoms with van der Waals surface area (Å²) in [6.45, 7) is 2.67. The Morgan fingerprint density at radius 1 is 1.29 bits per heavy atom. The van der Waals surface area contributed by atoms with E-state index in [1.54, 1.807) is 24.3 Å². The highest BCUT2D eigenvalue weighted by Crippen LogP contribution is 2.18. The lowest BCUT2D eigenvalue weighted by molar-refractivity contribution is -0.118. The number of carbonyl (C=O) groups excluding carboxylic acids is 1. The largest absolute Gasteiger partial charge is 0.370 e. The number of sulfonamides is 1. The van der Waals surface area contributed by atoms with Crippen LogP contribution in [0.5, 0.6) is 0 Å². The van der Waals surface area contributed by atoms with Crippen molar-refractivity contribution < 1.29 is 13.2 Å². The molecule has 1 aromatic rings. The molecule has 1 unspecified atom stereocenters. The van der Waals surface area contributed by atoms with Gasteiger partial charge in [-0.25, -0.2) is 12.7 Å². The summed E-state index contributed by atoms with van der Waals surface area (Å²) in [5.41, 5.74) is 6.07. The highest BCUT2D eigenvalue weighted by Gasteiger charge is 2.17. The van der Waals surface area contributed by atoms with Crippen LogP contribution in [0.15, 0.2) is 29.2 Å². The van der Waals surface area contributed by atoms with Crippen molar-refractivity contribution in [1.29, 1.82) is 0 Å². The number of carbonyl (C=O) groups is 1. The quantitative estimate of drug-likeness (QED) is 0.696. The van der Waals surface area contributed by atoms with Gasteiger partial charge in [-0.2, -0.15) is 0 Å². The average Bonchev–Trinajstić information content (AvgIpc) is 2.43. The van der Waals surface area contributed by atoms with Gasteiger partial charge in [-0.05, 0) is 37.6 Å². The number of amides is 1. The molecule has 0 bridgehead atoms. The number of nitrogens with two attached hydrogens (primary N) is 1. The lowest BCUT2D eigenvalue weighted by atomic mass is 10.1. The number of rotatable bonds is 8. The Morgan fingerprint density at radius 3 is 2.33 bits per heavy atom. The van der Waals surface area contributed by atoms with E-state index in [1.807, 2.05) is 6.92 Å². The normalized spacial score (nSPS) is 13.3. The van der Waals surface area contributed by atoms with Crippen molar-refractivity contribution in [2.45, 2.75) is 30.7 Å². The molecule has 0 radical (unpaired) electrons.